The zero-order valence-corrected chi connectivity index (χ0v) is 10.9. The summed E-state index contributed by atoms with van der Waals surface area (Å²) in [7, 11) is 0. The molecule has 0 aromatic heterocycles. The molecule has 1 heterocycles. The minimum atomic E-state index is -4.42. The predicted octanol–water partition coefficient (Wildman–Crippen LogP) is 3.13. The maximum atomic E-state index is 12.6. The van der Waals surface area contributed by atoms with Crippen molar-refractivity contribution in [2.24, 2.45) is 0 Å². The van der Waals surface area contributed by atoms with Crippen molar-refractivity contribution in [1.82, 2.24) is 5.32 Å². The van der Waals surface area contributed by atoms with Gasteiger partial charge in [-0.3, -0.25) is 0 Å². The summed E-state index contributed by atoms with van der Waals surface area (Å²) in [5.74, 6) is 0. The van der Waals surface area contributed by atoms with E-state index in [0.717, 1.165) is 44.5 Å². The number of alkyl halides is 3. The fourth-order valence-corrected chi connectivity index (χ4v) is 2.32. The van der Waals surface area contributed by atoms with Gasteiger partial charge in [-0.05, 0) is 50.6 Å². The van der Waals surface area contributed by atoms with E-state index in [9.17, 15) is 13.2 Å². The monoisotopic (exact) mass is 283 g/mol. The Bertz CT molecular complexity index is 497. The first-order valence-corrected chi connectivity index (χ1v) is 6.59. The molecule has 108 valence electrons. The lowest BCUT2D eigenvalue weighted by atomic mass is 10.1. The number of anilines is 1. The average molecular weight is 283 g/mol. The Morgan fingerprint density at radius 2 is 2.05 bits per heavy atom. The van der Waals surface area contributed by atoms with Gasteiger partial charge in [-0.2, -0.15) is 18.4 Å². The molecule has 1 aliphatic heterocycles. The van der Waals surface area contributed by atoms with Gasteiger partial charge in [-0.15, -0.1) is 0 Å². The van der Waals surface area contributed by atoms with Crippen LogP contribution in [0.15, 0.2) is 18.2 Å². The Balaban J connectivity index is 2.17. The molecule has 1 unspecified atom stereocenters. The largest absolute Gasteiger partial charge is 0.416 e. The Labute approximate surface area is 115 Å². The summed E-state index contributed by atoms with van der Waals surface area (Å²) in [4.78, 5) is 0. The number of nitrogens with one attached hydrogen (secondary N) is 2. The molecule has 0 amide bonds. The van der Waals surface area contributed by atoms with Crippen LogP contribution in [0.25, 0.3) is 0 Å². The summed E-state index contributed by atoms with van der Waals surface area (Å²) in [6.45, 7) is 1.83. The first-order chi connectivity index (χ1) is 9.50. The summed E-state index contributed by atoms with van der Waals surface area (Å²) in [6.07, 6.45) is -1.57. The summed E-state index contributed by atoms with van der Waals surface area (Å²) in [5.41, 5.74) is -0.272. The molecule has 1 aliphatic rings. The second-order valence-electron chi connectivity index (χ2n) is 4.89. The molecule has 2 rings (SSSR count). The molecule has 20 heavy (non-hydrogen) atoms. The van der Waals surface area contributed by atoms with E-state index in [2.05, 4.69) is 10.6 Å². The molecule has 0 saturated carbocycles. The number of nitrogens with zero attached hydrogens (tertiary/aromatic N) is 1. The topological polar surface area (TPSA) is 47.9 Å². The van der Waals surface area contributed by atoms with Crippen molar-refractivity contribution in [2.75, 3.05) is 18.4 Å². The Hall–Kier alpha value is -1.74. The SMILES string of the molecule is N#Cc1cc(C(F)(F)F)ccc1NC1CCCNCC1. The van der Waals surface area contributed by atoms with E-state index in [1.165, 1.54) is 6.07 Å². The molecule has 0 spiro atoms. The van der Waals surface area contributed by atoms with Gasteiger partial charge in [0.05, 0.1) is 16.8 Å². The first-order valence-electron chi connectivity index (χ1n) is 6.59. The van der Waals surface area contributed by atoms with Crippen LogP contribution in [-0.4, -0.2) is 19.1 Å². The van der Waals surface area contributed by atoms with Crippen LogP contribution in [0.5, 0.6) is 0 Å². The molecule has 3 nitrogen and oxygen atoms in total. The van der Waals surface area contributed by atoms with Crippen molar-refractivity contribution >= 4 is 5.69 Å². The van der Waals surface area contributed by atoms with Crippen molar-refractivity contribution in [3.63, 3.8) is 0 Å². The molecule has 1 aromatic carbocycles. The highest BCUT2D eigenvalue weighted by molar-refractivity contribution is 5.59. The predicted molar refractivity (Wildman–Crippen MR) is 70.3 cm³/mol. The minimum absolute atomic E-state index is 0.0389. The van der Waals surface area contributed by atoms with Crippen LogP contribution in [0, 0.1) is 11.3 Å². The number of benzene rings is 1. The van der Waals surface area contributed by atoms with Crippen LogP contribution in [0.1, 0.15) is 30.4 Å². The quantitative estimate of drug-likeness (QED) is 0.876. The van der Waals surface area contributed by atoms with E-state index in [0.29, 0.717) is 5.69 Å². The lowest BCUT2D eigenvalue weighted by Crippen LogP contribution is -2.22. The maximum absolute atomic E-state index is 12.6. The van der Waals surface area contributed by atoms with Crippen LogP contribution < -0.4 is 10.6 Å². The van der Waals surface area contributed by atoms with Crippen molar-refractivity contribution in [1.29, 1.82) is 5.26 Å². The van der Waals surface area contributed by atoms with Crippen molar-refractivity contribution in [3.8, 4) is 6.07 Å². The van der Waals surface area contributed by atoms with Gasteiger partial charge in [0.1, 0.15) is 6.07 Å². The van der Waals surface area contributed by atoms with Gasteiger partial charge in [0.15, 0.2) is 0 Å². The summed E-state index contributed by atoms with van der Waals surface area (Å²) >= 11 is 0. The van der Waals surface area contributed by atoms with E-state index in [-0.39, 0.29) is 11.6 Å². The highest BCUT2D eigenvalue weighted by Crippen LogP contribution is 2.32. The van der Waals surface area contributed by atoms with E-state index in [1.54, 1.807) is 0 Å². The fourth-order valence-electron chi connectivity index (χ4n) is 2.32. The number of nitriles is 1. The molecular formula is C14H16F3N3. The standard InChI is InChI=1S/C14H16F3N3/c15-14(16,17)11-3-4-13(10(8-11)9-18)20-12-2-1-6-19-7-5-12/h3-4,8,12,19-20H,1-2,5-7H2. The third-order valence-electron chi connectivity index (χ3n) is 3.40. The lowest BCUT2D eigenvalue weighted by molar-refractivity contribution is -0.137. The highest BCUT2D eigenvalue weighted by Gasteiger charge is 2.31. The molecular weight excluding hydrogens is 267 g/mol. The van der Waals surface area contributed by atoms with E-state index in [4.69, 9.17) is 5.26 Å². The summed E-state index contributed by atoms with van der Waals surface area (Å²) in [6, 6.07) is 5.28. The summed E-state index contributed by atoms with van der Waals surface area (Å²) < 4.78 is 37.8. The Morgan fingerprint density at radius 1 is 1.25 bits per heavy atom. The van der Waals surface area contributed by atoms with Gasteiger partial charge < -0.3 is 10.6 Å². The first kappa shape index (κ1) is 14.7. The molecule has 1 atom stereocenters. The third kappa shape index (κ3) is 3.64. The molecule has 1 fully saturated rings. The van der Waals surface area contributed by atoms with Crippen LogP contribution >= 0.6 is 0 Å². The number of rotatable bonds is 2. The van der Waals surface area contributed by atoms with E-state index in [1.807, 2.05) is 6.07 Å². The van der Waals surface area contributed by atoms with Crippen LogP contribution in [-0.2, 0) is 6.18 Å². The summed E-state index contributed by atoms with van der Waals surface area (Å²) in [5, 5.41) is 15.5. The van der Waals surface area contributed by atoms with Crippen molar-refractivity contribution in [2.45, 2.75) is 31.5 Å². The van der Waals surface area contributed by atoms with Gasteiger partial charge in [0, 0.05) is 6.04 Å². The lowest BCUT2D eigenvalue weighted by Gasteiger charge is -2.19. The Morgan fingerprint density at radius 3 is 2.75 bits per heavy atom. The molecule has 1 saturated heterocycles. The van der Waals surface area contributed by atoms with E-state index < -0.39 is 11.7 Å². The molecule has 6 heteroatoms. The van der Waals surface area contributed by atoms with Crippen molar-refractivity contribution < 1.29 is 13.2 Å². The van der Waals surface area contributed by atoms with Gasteiger partial charge in [0.25, 0.3) is 0 Å². The maximum Gasteiger partial charge on any atom is 0.416 e. The number of hydrogen-bond acceptors (Lipinski definition) is 3. The highest BCUT2D eigenvalue weighted by atomic mass is 19.4. The minimum Gasteiger partial charge on any atom is -0.381 e. The molecule has 1 aromatic rings. The smallest absolute Gasteiger partial charge is 0.381 e. The molecule has 0 bridgehead atoms. The van der Waals surface area contributed by atoms with Gasteiger partial charge in [0.2, 0.25) is 0 Å². The van der Waals surface area contributed by atoms with Crippen LogP contribution in [0.3, 0.4) is 0 Å². The number of halogens is 3. The van der Waals surface area contributed by atoms with Gasteiger partial charge in [-0.25, -0.2) is 0 Å². The second-order valence-corrected chi connectivity index (χ2v) is 4.89. The molecule has 0 aliphatic carbocycles. The van der Waals surface area contributed by atoms with Gasteiger partial charge >= 0.3 is 6.18 Å². The zero-order valence-electron chi connectivity index (χ0n) is 10.9. The van der Waals surface area contributed by atoms with Gasteiger partial charge in [-0.1, -0.05) is 0 Å². The average Bonchev–Trinajstić information content (AvgIpc) is 2.66. The van der Waals surface area contributed by atoms with Crippen molar-refractivity contribution in [3.05, 3.63) is 29.3 Å². The zero-order chi connectivity index (χ0) is 14.6. The molecule has 2 N–H and O–H groups in total. The van der Waals surface area contributed by atoms with Crippen LogP contribution in [0.2, 0.25) is 0 Å². The number of hydrogen-bond donors (Lipinski definition) is 2. The molecule has 0 radical (unpaired) electrons. The Kier molecular flexibility index (Phi) is 4.50. The third-order valence-corrected chi connectivity index (χ3v) is 3.40. The van der Waals surface area contributed by atoms with Crippen LogP contribution in [0.4, 0.5) is 18.9 Å². The normalized spacial score (nSPS) is 20.0. The second kappa shape index (κ2) is 6.14. The van der Waals surface area contributed by atoms with E-state index >= 15 is 0 Å². The fraction of sp³-hybridized carbons (Fsp3) is 0.500.